The zero-order valence-corrected chi connectivity index (χ0v) is 19.3. The number of hydrogen-bond acceptors (Lipinski definition) is 3. The molecule has 0 saturated heterocycles. The average molecular weight is 571 g/mol. The molecule has 0 amide bonds. The van der Waals surface area contributed by atoms with Crippen LogP contribution in [0.4, 0.5) is 22.0 Å². The van der Waals surface area contributed by atoms with Crippen LogP contribution in [0.2, 0.25) is 0 Å². The maximum absolute atomic E-state index is 14.4. The molecule has 1 aromatic rings. The molecule has 3 nitrogen and oxygen atoms in total. The molecule has 0 aliphatic heterocycles. The minimum absolute atomic E-state index is 0.00655. The van der Waals surface area contributed by atoms with E-state index in [1.54, 1.807) is 13.8 Å². The summed E-state index contributed by atoms with van der Waals surface area (Å²) >= 11 is 11.3. The van der Waals surface area contributed by atoms with Crippen LogP contribution in [-0.2, 0) is 27.5 Å². The second-order valence-corrected chi connectivity index (χ2v) is 9.08. The average Bonchev–Trinajstić information content (AvgIpc) is 3.16. The number of allylic oxidation sites excluding steroid dienone is 2. The minimum Gasteiger partial charge on any atom is -0.460 e. The number of rotatable bonds is 6. The molecule has 0 unspecified atom stereocenters. The first-order valence-corrected chi connectivity index (χ1v) is 10.1. The van der Waals surface area contributed by atoms with Gasteiger partial charge in [0.1, 0.15) is 23.3 Å². The maximum atomic E-state index is 14.4. The molecule has 0 radical (unpaired) electrons. The Kier molecular flexibility index (Phi) is 7.45. The van der Waals surface area contributed by atoms with Crippen LogP contribution in [0.3, 0.4) is 0 Å². The van der Waals surface area contributed by atoms with E-state index >= 15 is 0 Å². The summed E-state index contributed by atoms with van der Waals surface area (Å²) in [5.74, 6) is -4.22. The van der Waals surface area contributed by atoms with Crippen LogP contribution in [0.5, 0.6) is 0 Å². The highest BCUT2D eigenvalue weighted by Gasteiger charge is 2.62. The predicted octanol–water partition coefficient (Wildman–Crippen LogP) is 6.64. The van der Waals surface area contributed by atoms with E-state index in [0.29, 0.717) is 0 Å². The Morgan fingerprint density at radius 1 is 1.14 bits per heavy atom. The van der Waals surface area contributed by atoms with Crippen LogP contribution in [0, 0.1) is 28.9 Å². The Bertz CT molecular complexity index is 826. The number of carbonyl (C=O) groups excluding carboxylic acids is 1. The lowest BCUT2D eigenvalue weighted by atomic mass is 10.1. The summed E-state index contributed by atoms with van der Waals surface area (Å²) < 4.78 is 76.3. The number of methoxy groups -OCH3 is 1. The lowest BCUT2D eigenvalue weighted by Crippen LogP contribution is -2.13. The van der Waals surface area contributed by atoms with E-state index in [9.17, 15) is 26.7 Å². The van der Waals surface area contributed by atoms with Gasteiger partial charge < -0.3 is 9.47 Å². The summed E-state index contributed by atoms with van der Waals surface area (Å²) in [6, 6.07) is 0. The highest BCUT2D eigenvalue weighted by Crippen LogP contribution is 2.60. The lowest BCUT2D eigenvalue weighted by molar-refractivity contribution is -0.147. The number of esters is 1. The van der Waals surface area contributed by atoms with E-state index in [0.717, 1.165) is 6.08 Å². The van der Waals surface area contributed by atoms with Gasteiger partial charge in [-0.2, -0.15) is 13.2 Å². The second kappa shape index (κ2) is 8.80. The molecule has 0 spiro atoms. The molecule has 1 aromatic carbocycles. The molecule has 1 aliphatic rings. The van der Waals surface area contributed by atoms with Gasteiger partial charge in [-0.25, -0.2) is 8.78 Å². The summed E-state index contributed by atoms with van der Waals surface area (Å²) in [6.45, 7) is 2.41. The van der Waals surface area contributed by atoms with Crippen molar-refractivity contribution in [3.8, 4) is 0 Å². The Hall–Kier alpha value is -0.710. The smallest absolute Gasteiger partial charge is 0.426 e. The number of halogens is 8. The van der Waals surface area contributed by atoms with Gasteiger partial charge in [0.15, 0.2) is 0 Å². The van der Waals surface area contributed by atoms with E-state index in [-0.39, 0.29) is 26.7 Å². The van der Waals surface area contributed by atoms with Crippen molar-refractivity contribution >= 4 is 49.4 Å². The predicted molar refractivity (Wildman–Crippen MR) is 103 cm³/mol. The SMILES string of the molecule is COCc1c(F)c(Br)c(COC(=O)[C@H]2[C@@H](/C=C(\Cl)C(F)(F)F)C2(C)C)c(Br)c1F. The van der Waals surface area contributed by atoms with Crippen LogP contribution >= 0.6 is 43.5 Å². The van der Waals surface area contributed by atoms with Crippen LogP contribution in [0.15, 0.2) is 20.1 Å². The van der Waals surface area contributed by atoms with Crippen LogP contribution in [0.1, 0.15) is 25.0 Å². The Morgan fingerprint density at radius 3 is 2.10 bits per heavy atom. The molecule has 11 heteroatoms. The molecule has 0 aromatic heterocycles. The van der Waals surface area contributed by atoms with E-state index < -0.39 is 52.7 Å². The fourth-order valence-electron chi connectivity index (χ4n) is 3.04. The maximum Gasteiger partial charge on any atom is 0.426 e. The number of ether oxygens (including phenoxy) is 2. The van der Waals surface area contributed by atoms with Gasteiger partial charge in [0.05, 0.1) is 27.0 Å². The topological polar surface area (TPSA) is 35.5 Å². The third kappa shape index (κ3) is 4.97. The zero-order chi connectivity index (χ0) is 22.3. The third-order valence-electron chi connectivity index (χ3n) is 4.85. The van der Waals surface area contributed by atoms with Gasteiger partial charge in [0, 0.05) is 12.7 Å². The quantitative estimate of drug-likeness (QED) is 0.219. The summed E-state index contributed by atoms with van der Waals surface area (Å²) in [5, 5.41) is -1.31. The summed E-state index contributed by atoms with van der Waals surface area (Å²) in [5.41, 5.74) is -1.10. The largest absolute Gasteiger partial charge is 0.460 e. The molecule has 2 atom stereocenters. The molecular weight excluding hydrogens is 554 g/mol. The Balaban J connectivity index is 2.18. The fraction of sp³-hybridized carbons (Fsp3) is 0.500. The van der Waals surface area contributed by atoms with Gasteiger partial charge >= 0.3 is 12.1 Å². The molecule has 0 heterocycles. The highest BCUT2D eigenvalue weighted by molar-refractivity contribution is 9.11. The van der Waals surface area contributed by atoms with E-state index in [1.807, 2.05) is 0 Å². The van der Waals surface area contributed by atoms with Crippen molar-refractivity contribution in [2.24, 2.45) is 17.3 Å². The summed E-state index contributed by atoms with van der Waals surface area (Å²) in [6.07, 6.45) is -3.92. The summed E-state index contributed by atoms with van der Waals surface area (Å²) in [7, 11) is 1.28. The monoisotopic (exact) mass is 568 g/mol. The van der Waals surface area contributed by atoms with Gasteiger partial charge in [0.25, 0.3) is 0 Å². The normalized spacial score (nSPS) is 21.3. The molecule has 1 saturated carbocycles. The van der Waals surface area contributed by atoms with Crippen molar-refractivity contribution in [3.05, 3.63) is 42.8 Å². The number of carbonyl (C=O) groups is 1. The van der Waals surface area contributed by atoms with Crippen molar-refractivity contribution in [1.82, 2.24) is 0 Å². The molecule has 1 fully saturated rings. The molecule has 29 heavy (non-hydrogen) atoms. The van der Waals surface area contributed by atoms with E-state index in [2.05, 4.69) is 31.9 Å². The first-order valence-electron chi connectivity index (χ1n) is 8.18. The van der Waals surface area contributed by atoms with Gasteiger partial charge in [-0.3, -0.25) is 4.79 Å². The van der Waals surface area contributed by atoms with Crippen LogP contribution < -0.4 is 0 Å². The standard InChI is InChI=1S/C18H16Br2ClF5O3/c1-17(2)9(4-10(21)18(24,25)26)11(17)16(27)29-6-7-12(19)14(22)8(5-28-3)15(23)13(7)20/h4,9,11H,5-6H2,1-3H3/b10-4-/t9-,11-/m1/s1. The Labute approximate surface area is 185 Å². The van der Waals surface area contributed by atoms with Crippen molar-refractivity contribution in [3.63, 3.8) is 0 Å². The van der Waals surface area contributed by atoms with Crippen LogP contribution in [0.25, 0.3) is 0 Å². The van der Waals surface area contributed by atoms with Gasteiger partial charge in [-0.1, -0.05) is 31.5 Å². The molecule has 0 N–H and O–H groups in total. The molecule has 0 bridgehead atoms. The molecule has 162 valence electrons. The minimum atomic E-state index is -4.70. The van der Waals surface area contributed by atoms with E-state index in [4.69, 9.17) is 21.1 Å². The lowest BCUT2D eigenvalue weighted by Gasteiger charge is -2.14. The molecule has 1 aliphatic carbocycles. The van der Waals surface area contributed by atoms with Gasteiger partial charge in [0.2, 0.25) is 0 Å². The highest BCUT2D eigenvalue weighted by atomic mass is 79.9. The van der Waals surface area contributed by atoms with Gasteiger partial charge in [-0.05, 0) is 43.2 Å². The molecular formula is C18H16Br2ClF5O3. The van der Waals surface area contributed by atoms with Crippen molar-refractivity contribution in [1.29, 1.82) is 0 Å². The second-order valence-electron chi connectivity index (χ2n) is 7.09. The number of alkyl halides is 3. The van der Waals surface area contributed by atoms with Crippen molar-refractivity contribution in [2.75, 3.05) is 7.11 Å². The first kappa shape index (κ1) is 24.6. The first-order chi connectivity index (χ1) is 13.2. The van der Waals surface area contributed by atoms with E-state index in [1.165, 1.54) is 7.11 Å². The van der Waals surface area contributed by atoms with Gasteiger partial charge in [-0.15, -0.1) is 0 Å². The van der Waals surface area contributed by atoms with Crippen molar-refractivity contribution < 1.29 is 36.2 Å². The third-order valence-corrected chi connectivity index (χ3v) is 6.85. The fourth-order valence-corrected chi connectivity index (χ4v) is 4.55. The number of benzene rings is 1. The molecule has 2 rings (SSSR count). The van der Waals surface area contributed by atoms with Crippen molar-refractivity contribution in [2.45, 2.75) is 33.2 Å². The van der Waals surface area contributed by atoms with Crippen LogP contribution in [-0.4, -0.2) is 19.3 Å². The zero-order valence-electron chi connectivity index (χ0n) is 15.4. The Morgan fingerprint density at radius 2 is 1.66 bits per heavy atom. The summed E-state index contributed by atoms with van der Waals surface area (Å²) in [4.78, 5) is 12.4. The number of hydrogen-bond donors (Lipinski definition) is 0.